The van der Waals surface area contributed by atoms with E-state index in [9.17, 15) is 10.1 Å². The number of nitro groups is 1. The average Bonchev–Trinajstić information content (AvgIpc) is 3.06. The van der Waals surface area contributed by atoms with Crippen LogP contribution in [0.3, 0.4) is 0 Å². The van der Waals surface area contributed by atoms with Crippen molar-refractivity contribution in [3.05, 3.63) is 15.8 Å². The summed E-state index contributed by atoms with van der Waals surface area (Å²) in [6, 6.07) is 0.787. The van der Waals surface area contributed by atoms with Gasteiger partial charge in [0.05, 0.1) is 4.92 Å². The van der Waals surface area contributed by atoms with Gasteiger partial charge in [0.1, 0.15) is 5.69 Å². The molecule has 1 aromatic heterocycles. The van der Waals surface area contributed by atoms with Crippen LogP contribution in [0.1, 0.15) is 37.8 Å². The first-order valence-corrected chi connectivity index (χ1v) is 7.77. The minimum Gasteiger partial charge on any atom is -0.347 e. The summed E-state index contributed by atoms with van der Waals surface area (Å²) in [5.41, 5.74) is 0.670. The Morgan fingerprint density at radius 3 is 2.81 bits per heavy atom. The molecular weight excluding hydrogens is 270 g/mol. The molecule has 0 spiro atoms. The molecule has 3 rings (SSSR count). The first-order valence-electron chi connectivity index (χ1n) is 7.77. The van der Waals surface area contributed by atoms with Crippen molar-refractivity contribution in [1.29, 1.82) is 0 Å². The Bertz CT molecular complexity index is 536. The van der Waals surface area contributed by atoms with E-state index in [2.05, 4.69) is 15.3 Å². The zero-order valence-electron chi connectivity index (χ0n) is 12.7. The molecule has 0 radical (unpaired) electrons. The fourth-order valence-corrected chi connectivity index (χ4v) is 3.85. The third kappa shape index (κ3) is 2.50. The lowest BCUT2D eigenvalue weighted by Gasteiger charge is -2.40. The maximum absolute atomic E-state index is 11.4. The molecule has 1 aromatic rings. The maximum atomic E-state index is 11.4. The lowest BCUT2D eigenvalue weighted by molar-refractivity contribution is -0.384. The van der Waals surface area contributed by atoms with Crippen molar-refractivity contribution in [3.63, 3.8) is 0 Å². The van der Waals surface area contributed by atoms with Gasteiger partial charge in [-0.05, 0) is 45.6 Å². The Morgan fingerprint density at radius 1 is 1.33 bits per heavy atom. The van der Waals surface area contributed by atoms with Crippen LogP contribution in [0.5, 0.6) is 0 Å². The van der Waals surface area contributed by atoms with Crippen LogP contribution in [0.25, 0.3) is 0 Å². The minimum atomic E-state index is -0.286. The predicted molar refractivity (Wildman–Crippen MR) is 80.6 cm³/mol. The van der Waals surface area contributed by atoms with Crippen molar-refractivity contribution in [2.24, 2.45) is 7.05 Å². The van der Waals surface area contributed by atoms with Crippen molar-refractivity contribution in [2.75, 3.05) is 18.0 Å². The van der Waals surface area contributed by atoms with Crippen molar-refractivity contribution in [3.8, 4) is 0 Å². The van der Waals surface area contributed by atoms with Crippen LogP contribution in [0.15, 0.2) is 0 Å². The Kier molecular flexibility index (Phi) is 3.84. The van der Waals surface area contributed by atoms with Crippen LogP contribution < -0.4 is 10.2 Å². The predicted octanol–water partition coefficient (Wildman–Crippen LogP) is 1.75. The van der Waals surface area contributed by atoms with Crippen LogP contribution in [0.2, 0.25) is 0 Å². The summed E-state index contributed by atoms with van der Waals surface area (Å²) < 4.78 is 1.68. The van der Waals surface area contributed by atoms with Gasteiger partial charge in [-0.25, -0.2) is 4.68 Å². The van der Waals surface area contributed by atoms with E-state index in [0.29, 0.717) is 23.6 Å². The van der Waals surface area contributed by atoms with E-state index in [4.69, 9.17) is 0 Å². The molecule has 2 aliphatic rings. The number of hydrogen-bond acceptors (Lipinski definition) is 5. The van der Waals surface area contributed by atoms with Crippen LogP contribution >= 0.6 is 0 Å². The first-order chi connectivity index (χ1) is 10.1. The largest absolute Gasteiger partial charge is 0.347 e. The summed E-state index contributed by atoms with van der Waals surface area (Å²) >= 11 is 0. The number of nitrogens with one attached hydrogen (secondary N) is 1. The highest BCUT2D eigenvalue weighted by molar-refractivity contribution is 5.62. The summed E-state index contributed by atoms with van der Waals surface area (Å²) in [7, 11) is 1.81. The molecular formula is C14H23N5O2. The smallest absolute Gasteiger partial charge is 0.333 e. The second-order valence-corrected chi connectivity index (χ2v) is 6.10. The second kappa shape index (κ2) is 5.63. The monoisotopic (exact) mass is 293 g/mol. The van der Waals surface area contributed by atoms with Gasteiger partial charge in [-0.1, -0.05) is 0 Å². The summed E-state index contributed by atoms with van der Waals surface area (Å²) in [5, 5.41) is 19.3. The third-order valence-electron chi connectivity index (χ3n) is 4.73. The molecule has 1 N–H and O–H groups in total. The summed E-state index contributed by atoms with van der Waals surface area (Å²) in [4.78, 5) is 13.4. The molecule has 0 aromatic carbocycles. The zero-order valence-corrected chi connectivity index (χ0v) is 12.7. The minimum absolute atomic E-state index is 0.169. The number of hydrogen-bond donors (Lipinski definition) is 1. The van der Waals surface area contributed by atoms with Crippen LogP contribution in [0, 0.1) is 17.0 Å². The molecule has 0 amide bonds. The highest BCUT2D eigenvalue weighted by Crippen LogP contribution is 2.36. The molecule has 7 nitrogen and oxygen atoms in total. The summed E-state index contributed by atoms with van der Waals surface area (Å²) in [5.74, 6) is 0.677. The van der Waals surface area contributed by atoms with Crippen LogP contribution in [-0.2, 0) is 7.05 Å². The molecule has 2 fully saturated rings. The summed E-state index contributed by atoms with van der Waals surface area (Å²) in [6.07, 6.45) is 5.74. The molecule has 2 saturated heterocycles. The molecule has 0 bridgehead atoms. The molecule has 0 saturated carbocycles. The second-order valence-electron chi connectivity index (χ2n) is 6.10. The highest BCUT2D eigenvalue weighted by Gasteiger charge is 2.37. The van der Waals surface area contributed by atoms with Gasteiger partial charge >= 0.3 is 5.69 Å². The number of aromatic nitrogens is 2. The SMILES string of the molecule is Cc1nn(C)c(N2CCCCC2C2CCCN2)c1[N+](=O)[O-]. The van der Waals surface area contributed by atoms with Crippen molar-refractivity contribution >= 4 is 11.5 Å². The van der Waals surface area contributed by atoms with Gasteiger partial charge < -0.3 is 10.2 Å². The molecule has 0 aliphatic carbocycles. The molecule has 2 aliphatic heterocycles. The van der Waals surface area contributed by atoms with E-state index in [1.165, 1.54) is 12.8 Å². The fourth-order valence-electron chi connectivity index (χ4n) is 3.85. The van der Waals surface area contributed by atoms with E-state index >= 15 is 0 Å². The highest BCUT2D eigenvalue weighted by atomic mass is 16.6. The third-order valence-corrected chi connectivity index (χ3v) is 4.73. The van der Waals surface area contributed by atoms with Crippen LogP contribution in [-0.4, -0.2) is 39.9 Å². The normalized spacial score (nSPS) is 26.3. The topological polar surface area (TPSA) is 76.2 Å². The lowest BCUT2D eigenvalue weighted by Crippen LogP contribution is -2.51. The van der Waals surface area contributed by atoms with Crippen molar-refractivity contribution in [1.82, 2.24) is 15.1 Å². The standard InChI is InChI=1S/C14H23N5O2/c1-10-13(19(20)21)14(17(2)16-10)18-9-4-3-7-12(18)11-6-5-8-15-11/h11-12,15H,3-9H2,1-2H3. The molecule has 2 unspecified atom stereocenters. The van der Waals surface area contributed by atoms with E-state index in [0.717, 1.165) is 32.4 Å². The Hall–Kier alpha value is -1.63. The quantitative estimate of drug-likeness (QED) is 0.678. The Balaban J connectivity index is 1.98. The van der Waals surface area contributed by atoms with Gasteiger partial charge in [-0.15, -0.1) is 0 Å². The molecule has 116 valence electrons. The van der Waals surface area contributed by atoms with Crippen molar-refractivity contribution in [2.45, 2.75) is 51.1 Å². The van der Waals surface area contributed by atoms with E-state index in [1.54, 1.807) is 11.6 Å². The Morgan fingerprint density at radius 2 is 2.14 bits per heavy atom. The lowest BCUT2D eigenvalue weighted by atomic mass is 9.94. The number of piperidine rings is 1. The summed E-state index contributed by atoms with van der Waals surface area (Å²) in [6.45, 7) is 3.65. The fraction of sp³-hybridized carbons (Fsp3) is 0.786. The van der Waals surface area contributed by atoms with E-state index < -0.39 is 0 Å². The Labute approximate surface area is 124 Å². The van der Waals surface area contributed by atoms with Gasteiger partial charge in [0, 0.05) is 25.7 Å². The average molecular weight is 293 g/mol. The van der Waals surface area contributed by atoms with E-state index in [-0.39, 0.29) is 10.6 Å². The number of aryl methyl sites for hydroxylation is 2. The van der Waals surface area contributed by atoms with Gasteiger partial charge in [0.15, 0.2) is 0 Å². The number of nitrogens with zero attached hydrogens (tertiary/aromatic N) is 4. The number of rotatable bonds is 3. The molecule has 3 heterocycles. The van der Waals surface area contributed by atoms with Crippen molar-refractivity contribution < 1.29 is 4.92 Å². The zero-order chi connectivity index (χ0) is 15.0. The maximum Gasteiger partial charge on any atom is 0.333 e. The van der Waals surface area contributed by atoms with Gasteiger partial charge in [0.2, 0.25) is 5.82 Å². The van der Waals surface area contributed by atoms with Crippen LogP contribution in [0.4, 0.5) is 11.5 Å². The number of anilines is 1. The van der Waals surface area contributed by atoms with Gasteiger partial charge in [-0.2, -0.15) is 5.10 Å². The molecule has 2 atom stereocenters. The first kappa shape index (κ1) is 14.3. The molecule has 21 heavy (non-hydrogen) atoms. The molecule has 7 heteroatoms. The van der Waals surface area contributed by atoms with E-state index in [1.807, 2.05) is 7.05 Å². The van der Waals surface area contributed by atoms with Gasteiger partial charge in [-0.3, -0.25) is 10.1 Å². The van der Waals surface area contributed by atoms with Gasteiger partial charge in [0.25, 0.3) is 0 Å².